The number of carboxylic acids is 1. The van der Waals surface area contributed by atoms with Crippen LogP contribution in [0, 0.1) is 0 Å². The minimum absolute atomic E-state index is 0.137. The number of hydrogen-bond acceptors (Lipinski definition) is 3. The number of aliphatic carboxylic acids is 1. The number of carbonyl (C=O) groups is 1. The minimum Gasteiger partial charge on any atom is -0.477 e. The van der Waals surface area contributed by atoms with Gasteiger partial charge in [0.2, 0.25) is 0 Å². The fourth-order valence-electron chi connectivity index (χ4n) is 1.49. The van der Waals surface area contributed by atoms with Gasteiger partial charge in [-0.15, -0.1) is 0 Å². The summed E-state index contributed by atoms with van der Waals surface area (Å²) in [6.07, 6.45) is 1.69. The van der Waals surface area contributed by atoms with E-state index in [9.17, 15) is 4.79 Å². The molecule has 4 heteroatoms. The van der Waals surface area contributed by atoms with Crippen LogP contribution in [-0.2, 0) is 4.79 Å². The zero-order chi connectivity index (χ0) is 10.8. The van der Waals surface area contributed by atoms with Crippen molar-refractivity contribution in [1.82, 2.24) is 0 Å². The van der Waals surface area contributed by atoms with Gasteiger partial charge in [0.15, 0.2) is 0 Å². The molecular formula is C11H11NO2S. The van der Waals surface area contributed by atoms with Crippen LogP contribution in [0.25, 0.3) is 0 Å². The van der Waals surface area contributed by atoms with Crippen LogP contribution in [0.3, 0.4) is 0 Å². The van der Waals surface area contributed by atoms with Crippen molar-refractivity contribution in [2.45, 2.75) is 12.3 Å². The number of hydrogen-bond donors (Lipinski definition) is 1. The Morgan fingerprint density at radius 1 is 1.40 bits per heavy atom. The van der Waals surface area contributed by atoms with Crippen LogP contribution in [0.5, 0.6) is 0 Å². The van der Waals surface area contributed by atoms with E-state index in [0.717, 1.165) is 5.69 Å². The fraction of sp³-hybridized carbons (Fsp3) is 0.182. The number of nitrogens with zero attached hydrogens (tertiary/aromatic N) is 1. The van der Waals surface area contributed by atoms with E-state index in [0.29, 0.717) is 4.91 Å². The van der Waals surface area contributed by atoms with Crippen molar-refractivity contribution in [2.24, 2.45) is 0 Å². The third kappa shape index (κ3) is 1.99. The molecule has 1 aromatic rings. The van der Waals surface area contributed by atoms with Gasteiger partial charge < -0.3 is 10.0 Å². The molecule has 1 heterocycles. The topological polar surface area (TPSA) is 40.5 Å². The number of para-hydroxylation sites is 1. The summed E-state index contributed by atoms with van der Waals surface area (Å²) in [5.41, 5.74) is 1.02. The third-order valence-corrected chi connectivity index (χ3v) is 3.31. The first-order chi connectivity index (χ1) is 7.18. The van der Waals surface area contributed by atoms with Crippen molar-refractivity contribution in [3.8, 4) is 0 Å². The van der Waals surface area contributed by atoms with Gasteiger partial charge in [-0.1, -0.05) is 30.0 Å². The Bertz CT molecular complexity index is 402. The second kappa shape index (κ2) is 3.98. The van der Waals surface area contributed by atoms with Crippen molar-refractivity contribution in [1.29, 1.82) is 0 Å². The first kappa shape index (κ1) is 10.1. The second-order valence-corrected chi connectivity index (χ2v) is 4.62. The summed E-state index contributed by atoms with van der Waals surface area (Å²) in [5.74, 6) is -0.856. The molecule has 0 aliphatic carbocycles. The van der Waals surface area contributed by atoms with Gasteiger partial charge in [-0.25, -0.2) is 4.79 Å². The highest BCUT2D eigenvalue weighted by Crippen LogP contribution is 2.35. The quantitative estimate of drug-likeness (QED) is 0.833. The smallest absolute Gasteiger partial charge is 0.343 e. The van der Waals surface area contributed by atoms with Gasteiger partial charge in [-0.3, -0.25) is 0 Å². The van der Waals surface area contributed by atoms with Crippen molar-refractivity contribution < 1.29 is 9.90 Å². The summed E-state index contributed by atoms with van der Waals surface area (Å²) in [7, 11) is 0. The van der Waals surface area contributed by atoms with E-state index in [1.54, 1.807) is 6.20 Å². The predicted molar refractivity (Wildman–Crippen MR) is 61.7 cm³/mol. The zero-order valence-corrected chi connectivity index (χ0v) is 9.07. The lowest BCUT2D eigenvalue weighted by Gasteiger charge is -2.20. The lowest BCUT2D eigenvalue weighted by molar-refractivity contribution is -0.131. The third-order valence-electron chi connectivity index (χ3n) is 2.21. The van der Waals surface area contributed by atoms with Gasteiger partial charge in [0.05, 0.1) is 5.37 Å². The lowest BCUT2D eigenvalue weighted by atomic mass is 10.3. The van der Waals surface area contributed by atoms with Crippen molar-refractivity contribution in [3.05, 3.63) is 41.4 Å². The maximum Gasteiger partial charge on any atom is 0.343 e. The summed E-state index contributed by atoms with van der Waals surface area (Å²) < 4.78 is 0. The SMILES string of the molecule is CC1SC(C(=O)O)=CN1c1ccccc1. The molecule has 1 atom stereocenters. The highest BCUT2D eigenvalue weighted by atomic mass is 32.2. The molecule has 0 spiro atoms. The van der Waals surface area contributed by atoms with Crippen molar-refractivity contribution in [3.63, 3.8) is 0 Å². The summed E-state index contributed by atoms with van der Waals surface area (Å²) in [4.78, 5) is 13.2. The van der Waals surface area contributed by atoms with Gasteiger partial charge in [-0.2, -0.15) is 0 Å². The Morgan fingerprint density at radius 3 is 2.60 bits per heavy atom. The van der Waals surface area contributed by atoms with Gasteiger partial charge in [-0.05, 0) is 19.1 Å². The maximum absolute atomic E-state index is 10.8. The Morgan fingerprint density at radius 2 is 2.07 bits per heavy atom. The Labute approximate surface area is 92.4 Å². The summed E-state index contributed by atoms with van der Waals surface area (Å²) in [6.45, 7) is 1.99. The normalized spacial score (nSPS) is 20.2. The summed E-state index contributed by atoms with van der Waals surface area (Å²) in [5, 5.41) is 9.02. The summed E-state index contributed by atoms with van der Waals surface area (Å²) in [6, 6.07) is 9.77. The largest absolute Gasteiger partial charge is 0.477 e. The van der Waals surface area contributed by atoms with Crippen LogP contribution in [0.2, 0.25) is 0 Å². The first-order valence-corrected chi connectivity index (χ1v) is 5.51. The van der Waals surface area contributed by atoms with Crippen LogP contribution >= 0.6 is 11.8 Å². The average Bonchev–Trinajstić information content (AvgIpc) is 2.62. The number of benzene rings is 1. The Kier molecular flexibility index (Phi) is 2.68. The highest BCUT2D eigenvalue weighted by molar-refractivity contribution is 8.04. The monoisotopic (exact) mass is 221 g/mol. The fourth-order valence-corrected chi connectivity index (χ4v) is 2.43. The van der Waals surface area contributed by atoms with E-state index >= 15 is 0 Å². The van der Waals surface area contributed by atoms with Gasteiger partial charge >= 0.3 is 5.97 Å². The highest BCUT2D eigenvalue weighted by Gasteiger charge is 2.26. The molecule has 1 N–H and O–H groups in total. The van der Waals surface area contributed by atoms with Crippen LogP contribution < -0.4 is 4.90 Å². The van der Waals surface area contributed by atoms with E-state index in [4.69, 9.17) is 5.11 Å². The molecule has 0 saturated carbocycles. The van der Waals surface area contributed by atoms with Crippen molar-refractivity contribution in [2.75, 3.05) is 4.90 Å². The number of anilines is 1. The zero-order valence-electron chi connectivity index (χ0n) is 8.25. The molecule has 0 bridgehead atoms. The standard InChI is InChI=1S/C11H11NO2S/c1-8-12(7-10(15-8)11(13)14)9-5-3-2-4-6-9/h2-8H,1H3,(H,13,14). The molecule has 0 amide bonds. The van der Waals surface area contributed by atoms with Gasteiger partial charge in [0.25, 0.3) is 0 Å². The Hall–Kier alpha value is -1.42. The molecular weight excluding hydrogens is 210 g/mol. The molecule has 1 aromatic carbocycles. The molecule has 1 unspecified atom stereocenters. The van der Waals surface area contributed by atoms with Gasteiger partial charge in [0.1, 0.15) is 4.91 Å². The molecule has 2 rings (SSSR count). The molecule has 1 aliphatic heterocycles. The predicted octanol–water partition coefficient (Wildman–Crippen LogP) is 2.51. The van der Waals surface area contributed by atoms with Crippen LogP contribution in [0.15, 0.2) is 41.4 Å². The molecule has 3 nitrogen and oxygen atoms in total. The molecule has 0 radical (unpaired) electrons. The second-order valence-electron chi connectivity index (χ2n) is 3.26. The summed E-state index contributed by atoms with van der Waals surface area (Å²) >= 11 is 1.36. The molecule has 0 saturated heterocycles. The number of rotatable bonds is 2. The lowest BCUT2D eigenvalue weighted by Crippen LogP contribution is -2.20. The van der Waals surface area contributed by atoms with Crippen LogP contribution in [-0.4, -0.2) is 16.4 Å². The average molecular weight is 221 g/mol. The van der Waals surface area contributed by atoms with E-state index in [1.165, 1.54) is 11.8 Å². The van der Waals surface area contributed by atoms with E-state index in [2.05, 4.69) is 0 Å². The van der Waals surface area contributed by atoms with Crippen LogP contribution in [0.4, 0.5) is 5.69 Å². The van der Waals surface area contributed by atoms with E-state index in [-0.39, 0.29) is 5.37 Å². The molecule has 0 aromatic heterocycles. The van der Waals surface area contributed by atoms with E-state index < -0.39 is 5.97 Å². The number of thioether (sulfide) groups is 1. The molecule has 78 valence electrons. The first-order valence-electron chi connectivity index (χ1n) is 4.63. The maximum atomic E-state index is 10.8. The minimum atomic E-state index is -0.856. The molecule has 1 aliphatic rings. The Balaban J connectivity index is 2.28. The van der Waals surface area contributed by atoms with Crippen LogP contribution in [0.1, 0.15) is 6.92 Å². The van der Waals surface area contributed by atoms with E-state index in [1.807, 2.05) is 42.2 Å². The molecule has 15 heavy (non-hydrogen) atoms. The molecule has 0 fully saturated rings. The number of carboxylic acid groups (broad SMARTS) is 1. The van der Waals surface area contributed by atoms with Crippen molar-refractivity contribution >= 4 is 23.4 Å². The van der Waals surface area contributed by atoms with Gasteiger partial charge in [0, 0.05) is 11.9 Å².